The minimum Gasteiger partial charge on any atom is -0.540 e. The Bertz CT molecular complexity index is 885. The maximum atomic E-state index is 10.0. The van der Waals surface area contributed by atoms with Crippen LogP contribution in [0.15, 0.2) is 66.4 Å². The number of fused-ring (bicyclic) bond motifs is 1. The third kappa shape index (κ3) is 6.43. The topological polar surface area (TPSA) is 59.4 Å². The van der Waals surface area contributed by atoms with Crippen molar-refractivity contribution >= 4 is 16.7 Å². The van der Waals surface area contributed by atoms with E-state index in [1.165, 1.54) is 19.9 Å². The molecular weight excluding hydrogens is 506 g/mol. The molecule has 0 spiro atoms. The Morgan fingerprint density at radius 2 is 1.85 bits per heavy atom. The normalized spacial score (nSPS) is 10.3. The molecule has 1 heterocycles. The van der Waals surface area contributed by atoms with E-state index < -0.39 is 0 Å². The van der Waals surface area contributed by atoms with Crippen LogP contribution in [0.2, 0.25) is 0 Å². The van der Waals surface area contributed by atoms with Crippen LogP contribution < -0.4 is 4.74 Å². The zero-order chi connectivity index (χ0) is 18.2. The van der Waals surface area contributed by atoms with Crippen LogP contribution in [0.4, 0.5) is 0 Å². The van der Waals surface area contributed by atoms with Crippen molar-refractivity contribution in [2.45, 2.75) is 13.8 Å². The molecule has 4 nitrogen and oxygen atoms in total. The number of aliphatic hydroxyl groups is 1. The fourth-order valence-electron chi connectivity index (χ4n) is 2.21. The Kier molecular flexibility index (Phi) is 8.69. The van der Waals surface area contributed by atoms with Gasteiger partial charge < -0.3 is 9.84 Å². The summed E-state index contributed by atoms with van der Waals surface area (Å²) in [6, 6.07) is 21.1. The number of nitrogens with zero attached hydrogens (tertiary/aromatic N) is 1. The van der Waals surface area contributed by atoms with E-state index in [1.807, 2.05) is 42.5 Å². The number of hydrogen-bond acceptors (Lipinski definition) is 4. The summed E-state index contributed by atoms with van der Waals surface area (Å²) in [6.07, 6.45) is 1.17. The van der Waals surface area contributed by atoms with Gasteiger partial charge in [-0.25, -0.2) is 0 Å². The van der Waals surface area contributed by atoms with E-state index in [0.717, 1.165) is 27.9 Å². The number of carbonyl (C=O) groups excluding carboxylic acids is 1. The van der Waals surface area contributed by atoms with Gasteiger partial charge in [0.05, 0.1) is 18.4 Å². The SMILES string of the molecule is CC(=O)C=C(C)O.COc1c[c-]c(-c2ccc3ccccc3n2)cc1.[Ir]. The number of pyridine rings is 1. The molecule has 137 valence electrons. The molecule has 0 saturated carbocycles. The van der Waals surface area contributed by atoms with Gasteiger partial charge in [0, 0.05) is 31.9 Å². The van der Waals surface area contributed by atoms with Crippen LogP contribution in [-0.4, -0.2) is 23.0 Å². The molecule has 0 fully saturated rings. The summed E-state index contributed by atoms with van der Waals surface area (Å²) in [7, 11) is 1.65. The van der Waals surface area contributed by atoms with Crippen LogP contribution in [0.25, 0.3) is 22.2 Å². The van der Waals surface area contributed by atoms with Gasteiger partial charge in [-0.05, 0) is 31.0 Å². The molecule has 26 heavy (non-hydrogen) atoms. The van der Waals surface area contributed by atoms with Gasteiger partial charge in [-0.2, -0.15) is 0 Å². The van der Waals surface area contributed by atoms with Crippen molar-refractivity contribution in [2.75, 3.05) is 7.11 Å². The first-order valence-corrected chi connectivity index (χ1v) is 7.79. The van der Waals surface area contributed by atoms with Crippen molar-refractivity contribution in [1.29, 1.82) is 0 Å². The van der Waals surface area contributed by atoms with Gasteiger partial charge >= 0.3 is 0 Å². The summed E-state index contributed by atoms with van der Waals surface area (Å²) >= 11 is 0. The van der Waals surface area contributed by atoms with Crippen LogP contribution >= 0.6 is 0 Å². The average Bonchev–Trinajstić information content (AvgIpc) is 2.61. The Morgan fingerprint density at radius 1 is 1.12 bits per heavy atom. The van der Waals surface area contributed by atoms with Gasteiger partial charge in [0.1, 0.15) is 0 Å². The molecule has 3 aromatic rings. The summed E-state index contributed by atoms with van der Waals surface area (Å²) in [5.41, 5.74) is 2.90. The molecule has 5 heteroatoms. The summed E-state index contributed by atoms with van der Waals surface area (Å²) in [4.78, 5) is 14.6. The standard InChI is InChI=1S/C16H12NO.C5H8O2.Ir/c1-18-14-9-6-13(7-10-14)16-11-8-12-4-2-3-5-15(12)17-16;1-4(6)3-5(2)7;/h2-6,8-11H,1H3;3,6H,1-2H3;/q-1;;. The van der Waals surface area contributed by atoms with E-state index in [0.29, 0.717) is 0 Å². The van der Waals surface area contributed by atoms with Gasteiger partial charge in [0.15, 0.2) is 5.78 Å². The number of allylic oxidation sites excluding steroid dienone is 2. The van der Waals surface area contributed by atoms with Crippen molar-refractivity contribution < 1.29 is 34.7 Å². The number of carbonyl (C=O) groups is 1. The third-order valence-corrected chi connectivity index (χ3v) is 3.31. The van der Waals surface area contributed by atoms with E-state index in [4.69, 9.17) is 9.84 Å². The molecule has 0 amide bonds. The quantitative estimate of drug-likeness (QED) is 0.304. The molecule has 0 aliphatic rings. The Balaban J connectivity index is 0.000000366. The van der Waals surface area contributed by atoms with Gasteiger partial charge in [0.25, 0.3) is 0 Å². The third-order valence-electron chi connectivity index (χ3n) is 3.31. The van der Waals surface area contributed by atoms with Crippen molar-refractivity contribution in [2.24, 2.45) is 0 Å². The van der Waals surface area contributed by atoms with E-state index in [9.17, 15) is 4.79 Å². The molecule has 3 rings (SSSR count). The van der Waals surface area contributed by atoms with Crippen molar-refractivity contribution in [3.05, 3.63) is 72.5 Å². The number of aromatic nitrogens is 1. The van der Waals surface area contributed by atoms with Crippen LogP contribution in [0, 0.1) is 6.07 Å². The van der Waals surface area contributed by atoms with Gasteiger partial charge in [-0.3, -0.25) is 9.78 Å². The number of benzene rings is 2. The Labute approximate surface area is 166 Å². The second-order valence-electron chi connectivity index (χ2n) is 5.43. The van der Waals surface area contributed by atoms with Gasteiger partial charge in [0.2, 0.25) is 0 Å². The Hall–Kier alpha value is -2.49. The van der Waals surface area contributed by atoms with Crippen LogP contribution in [0.3, 0.4) is 0 Å². The largest absolute Gasteiger partial charge is 0.540 e. The van der Waals surface area contributed by atoms with Crippen molar-refractivity contribution in [1.82, 2.24) is 4.98 Å². The smallest absolute Gasteiger partial charge is 0.155 e. The molecule has 0 atom stereocenters. The fourth-order valence-corrected chi connectivity index (χ4v) is 2.21. The number of para-hydroxylation sites is 1. The molecule has 0 saturated heterocycles. The van der Waals surface area contributed by atoms with Crippen molar-refractivity contribution in [3.63, 3.8) is 0 Å². The average molecular weight is 527 g/mol. The fraction of sp³-hybridized carbons (Fsp3) is 0.143. The Morgan fingerprint density at radius 3 is 2.38 bits per heavy atom. The second kappa shape index (κ2) is 10.5. The molecule has 0 bridgehead atoms. The van der Waals surface area contributed by atoms with Crippen LogP contribution in [-0.2, 0) is 24.9 Å². The maximum Gasteiger partial charge on any atom is 0.155 e. The minimum atomic E-state index is -0.125. The van der Waals surface area contributed by atoms with E-state index in [1.54, 1.807) is 7.11 Å². The molecule has 0 aliphatic heterocycles. The van der Waals surface area contributed by atoms with E-state index in [-0.39, 0.29) is 31.6 Å². The van der Waals surface area contributed by atoms with Crippen molar-refractivity contribution in [3.8, 4) is 17.0 Å². The molecule has 1 aromatic heterocycles. The van der Waals surface area contributed by atoms with E-state index >= 15 is 0 Å². The summed E-state index contributed by atoms with van der Waals surface area (Å²) in [5, 5.41) is 9.51. The molecule has 0 unspecified atom stereocenters. The molecular formula is C21H20IrNO3-. The first kappa shape index (κ1) is 21.6. The number of methoxy groups -OCH3 is 1. The first-order valence-electron chi connectivity index (χ1n) is 7.79. The zero-order valence-corrected chi connectivity index (χ0v) is 17.2. The molecule has 1 N–H and O–H groups in total. The zero-order valence-electron chi connectivity index (χ0n) is 14.8. The number of hydrogen-bond donors (Lipinski definition) is 1. The first-order chi connectivity index (χ1) is 12.0. The second-order valence-corrected chi connectivity index (χ2v) is 5.43. The summed E-state index contributed by atoms with van der Waals surface area (Å²) in [6.45, 7) is 2.85. The number of aliphatic hydroxyl groups excluding tert-OH is 1. The molecule has 0 aliphatic carbocycles. The minimum absolute atomic E-state index is 0. The maximum absolute atomic E-state index is 10.0. The number of ketones is 1. The van der Waals surface area contributed by atoms with E-state index in [2.05, 4.69) is 23.2 Å². The predicted octanol–water partition coefficient (Wildman–Crippen LogP) is 4.75. The summed E-state index contributed by atoms with van der Waals surface area (Å²) < 4.78 is 5.12. The van der Waals surface area contributed by atoms with Gasteiger partial charge in [-0.15, -0.1) is 29.8 Å². The monoisotopic (exact) mass is 527 g/mol. The van der Waals surface area contributed by atoms with Crippen LogP contribution in [0.1, 0.15) is 13.8 Å². The summed E-state index contributed by atoms with van der Waals surface area (Å²) in [5.74, 6) is 0.743. The van der Waals surface area contributed by atoms with Gasteiger partial charge in [-0.1, -0.05) is 30.3 Å². The van der Waals surface area contributed by atoms with Crippen LogP contribution in [0.5, 0.6) is 5.75 Å². The molecule has 2 aromatic carbocycles. The predicted molar refractivity (Wildman–Crippen MR) is 99.6 cm³/mol. The number of ether oxygens (including phenoxy) is 1. The number of rotatable bonds is 3. The molecule has 1 radical (unpaired) electrons.